The predicted octanol–water partition coefficient (Wildman–Crippen LogP) is 4.08. The minimum absolute atomic E-state index is 0.0938. The fourth-order valence-electron chi connectivity index (χ4n) is 8.65. The molecule has 12 heteroatoms. The van der Waals surface area contributed by atoms with Crippen LogP contribution in [0.1, 0.15) is 119 Å². The normalized spacial score (nSPS) is 25.5. The summed E-state index contributed by atoms with van der Waals surface area (Å²) in [6.45, 7) is 19.4. The van der Waals surface area contributed by atoms with Crippen molar-refractivity contribution in [3.05, 3.63) is 12.7 Å². The molecule has 0 aromatic carbocycles. The summed E-state index contributed by atoms with van der Waals surface area (Å²) in [5.74, 6) is -2.15. The first kappa shape index (κ1) is 40.3. The molecule has 2 aliphatic carbocycles. The number of fused-ring (bicyclic) bond motifs is 1. The van der Waals surface area contributed by atoms with E-state index < -0.39 is 47.2 Å². The van der Waals surface area contributed by atoms with Gasteiger partial charge in [0.2, 0.25) is 23.5 Å². The smallest absolute Gasteiger partial charge is 0.315 e. The van der Waals surface area contributed by atoms with Crippen LogP contribution in [0, 0.1) is 28.1 Å². The van der Waals surface area contributed by atoms with Crippen molar-refractivity contribution in [2.75, 3.05) is 26.2 Å². The van der Waals surface area contributed by atoms with E-state index in [1.54, 1.807) is 4.90 Å². The number of Topliss-reactive ketones (excluding diaryl/α,β-unsaturated/α-hetero) is 1. The van der Waals surface area contributed by atoms with Crippen molar-refractivity contribution in [2.24, 2.45) is 28.1 Å². The Kier molecular flexibility index (Phi) is 13.0. The van der Waals surface area contributed by atoms with Crippen LogP contribution in [0.15, 0.2) is 12.7 Å². The molecule has 2 saturated carbocycles. The molecule has 0 aromatic rings. The van der Waals surface area contributed by atoms with E-state index in [4.69, 9.17) is 0 Å². The number of piperidine rings is 2. The molecule has 2 unspecified atom stereocenters. The largest absolute Gasteiger partial charge is 0.346 e. The molecule has 6 amide bonds. The van der Waals surface area contributed by atoms with E-state index in [9.17, 15) is 28.8 Å². The Hall–Kier alpha value is -3.44. The van der Waals surface area contributed by atoms with E-state index in [-0.39, 0.29) is 47.1 Å². The van der Waals surface area contributed by atoms with Crippen LogP contribution >= 0.6 is 0 Å². The Labute approximate surface area is 305 Å². The maximum Gasteiger partial charge on any atom is 0.315 e. The fourth-order valence-corrected chi connectivity index (χ4v) is 8.65. The van der Waals surface area contributed by atoms with E-state index in [0.717, 1.165) is 51.4 Å². The Morgan fingerprint density at radius 2 is 1.67 bits per heavy atom. The van der Waals surface area contributed by atoms with E-state index in [1.807, 2.05) is 32.6 Å². The molecule has 4 aliphatic rings. The highest BCUT2D eigenvalue weighted by Crippen LogP contribution is 2.65. The average Bonchev–Trinajstić information content (AvgIpc) is 3.38. The molecule has 4 fully saturated rings. The summed E-state index contributed by atoms with van der Waals surface area (Å²) in [7, 11) is 0. The van der Waals surface area contributed by atoms with Gasteiger partial charge >= 0.3 is 6.03 Å². The van der Waals surface area contributed by atoms with E-state index in [1.165, 1.54) is 6.08 Å². The SMILES string of the molecule is C=CCNC(=O)C(=O)C(CCCC)NC(=O)C1[C@@H]2[C@H](CN1C(=O)[C@@H](NC(=O)N[C@H](CN1CCCCC1=O)C(C)(C)C)C1(C)CCCCC1)C2(C)C. The van der Waals surface area contributed by atoms with Gasteiger partial charge in [0, 0.05) is 32.6 Å². The molecule has 0 aromatic heterocycles. The number of nitrogens with one attached hydrogen (secondary N) is 4. The number of ketones is 1. The molecule has 51 heavy (non-hydrogen) atoms. The Morgan fingerprint density at radius 1 is 0.980 bits per heavy atom. The summed E-state index contributed by atoms with van der Waals surface area (Å²) >= 11 is 0. The first-order chi connectivity index (χ1) is 24.0. The van der Waals surface area contributed by atoms with Gasteiger partial charge in [0.1, 0.15) is 12.1 Å². The van der Waals surface area contributed by atoms with Gasteiger partial charge in [0.05, 0.1) is 12.1 Å². The third-order valence-electron chi connectivity index (χ3n) is 12.3. The van der Waals surface area contributed by atoms with Crippen LogP contribution in [0.4, 0.5) is 4.79 Å². The number of urea groups is 1. The van der Waals surface area contributed by atoms with E-state index in [2.05, 4.69) is 48.6 Å². The van der Waals surface area contributed by atoms with Gasteiger partial charge in [-0.3, -0.25) is 24.0 Å². The lowest BCUT2D eigenvalue weighted by molar-refractivity contribution is -0.146. The number of rotatable bonds is 15. The highest BCUT2D eigenvalue weighted by Gasteiger charge is 2.70. The third kappa shape index (κ3) is 9.33. The minimum Gasteiger partial charge on any atom is -0.346 e. The molecule has 0 spiro atoms. The zero-order valence-electron chi connectivity index (χ0n) is 32.2. The molecular weight excluding hydrogens is 648 g/mol. The third-order valence-corrected chi connectivity index (χ3v) is 12.3. The maximum absolute atomic E-state index is 14.8. The molecule has 4 rings (SSSR count). The minimum atomic E-state index is -1.02. The highest BCUT2D eigenvalue weighted by atomic mass is 16.2. The molecule has 286 valence electrons. The van der Waals surface area contributed by atoms with Crippen molar-refractivity contribution in [1.82, 2.24) is 31.1 Å². The van der Waals surface area contributed by atoms with Crippen molar-refractivity contribution < 1.29 is 28.8 Å². The van der Waals surface area contributed by atoms with Crippen molar-refractivity contribution in [3.63, 3.8) is 0 Å². The molecule has 2 aliphatic heterocycles. The summed E-state index contributed by atoms with van der Waals surface area (Å²) in [4.78, 5) is 85.0. The molecule has 6 atom stereocenters. The summed E-state index contributed by atoms with van der Waals surface area (Å²) in [5.41, 5.74) is -1.06. The fraction of sp³-hybridized carbons (Fsp3) is 0.795. The van der Waals surface area contributed by atoms with Gasteiger partial charge in [-0.1, -0.05) is 86.6 Å². The summed E-state index contributed by atoms with van der Waals surface area (Å²) in [5, 5.41) is 11.6. The van der Waals surface area contributed by atoms with E-state index >= 15 is 0 Å². The predicted molar refractivity (Wildman–Crippen MR) is 196 cm³/mol. The number of carbonyl (C=O) groups is 6. The summed E-state index contributed by atoms with van der Waals surface area (Å²) in [6, 6.07) is -3.55. The zero-order chi connectivity index (χ0) is 37.7. The molecule has 0 radical (unpaired) electrons. The lowest BCUT2D eigenvalue weighted by Gasteiger charge is -2.44. The molecule has 2 saturated heterocycles. The molecule has 2 heterocycles. The summed E-state index contributed by atoms with van der Waals surface area (Å²) < 4.78 is 0. The quantitative estimate of drug-likeness (QED) is 0.148. The highest BCUT2D eigenvalue weighted by molar-refractivity contribution is 6.38. The number of likely N-dealkylation sites (tertiary alicyclic amines) is 2. The van der Waals surface area contributed by atoms with Gasteiger partial charge in [-0.15, -0.1) is 6.58 Å². The second-order valence-corrected chi connectivity index (χ2v) is 17.4. The van der Waals surface area contributed by atoms with Crippen LogP contribution in [-0.4, -0.2) is 95.6 Å². The van der Waals surface area contributed by atoms with Crippen LogP contribution in [0.5, 0.6) is 0 Å². The zero-order valence-corrected chi connectivity index (χ0v) is 32.2. The average molecular weight is 713 g/mol. The number of hydrogen-bond acceptors (Lipinski definition) is 6. The lowest BCUT2D eigenvalue weighted by Crippen LogP contribution is -2.64. The van der Waals surface area contributed by atoms with Crippen molar-refractivity contribution in [3.8, 4) is 0 Å². The Morgan fingerprint density at radius 3 is 2.27 bits per heavy atom. The lowest BCUT2D eigenvalue weighted by atomic mass is 9.70. The number of amides is 6. The first-order valence-corrected chi connectivity index (χ1v) is 19.3. The van der Waals surface area contributed by atoms with Crippen LogP contribution in [-0.2, 0) is 24.0 Å². The van der Waals surface area contributed by atoms with E-state index in [0.29, 0.717) is 38.9 Å². The van der Waals surface area contributed by atoms with Crippen molar-refractivity contribution in [2.45, 2.75) is 143 Å². The number of carbonyl (C=O) groups excluding carboxylic acids is 6. The molecule has 4 N–H and O–H groups in total. The number of hydrogen-bond donors (Lipinski definition) is 4. The summed E-state index contributed by atoms with van der Waals surface area (Å²) in [6.07, 6.45) is 9.96. The Bertz CT molecular complexity index is 1330. The number of unbranched alkanes of at least 4 members (excludes halogenated alkanes) is 1. The molecule has 12 nitrogen and oxygen atoms in total. The van der Waals surface area contributed by atoms with Gasteiger partial charge < -0.3 is 31.1 Å². The van der Waals surface area contributed by atoms with Gasteiger partial charge in [-0.25, -0.2) is 4.79 Å². The van der Waals surface area contributed by atoms with Crippen LogP contribution in [0.25, 0.3) is 0 Å². The maximum atomic E-state index is 14.8. The van der Waals surface area contributed by atoms with Gasteiger partial charge in [-0.05, 0) is 60.2 Å². The molecular formula is C39H64N6O6. The van der Waals surface area contributed by atoms with Crippen LogP contribution in [0.2, 0.25) is 0 Å². The van der Waals surface area contributed by atoms with Crippen molar-refractivity contribution in [1.29, 1.82) is 0 Å². The van der Waals surface area contributed by atoms with Crippen LogP contribution in [0.3, 0.4) is 0 Å². The standard InChI is InChI=1S/C39H64N6O6/c1-9-11-17-26(31(47)34(49)40-21-10-2)41-33(48)30-29-25(38(29,6)7)23-45(30)35(50)32(39(8)19-14-12-15-20-39)43-36(51)42-27(37(3,4)5)24-44-22-16-13-18-28(44)46/h10,25-27,29-30,32H,2,9,11-24H2,1,3-8H3,(H,40,49)(H,41,48)(H2,42,43,51)/t25-,26?,27+,29-,30?,32+/m0/s1. The second-order valence-electron chi connectivity index (χ2n) is 17.4. The number of nitrogens with zero attached hydrogens (tertiary/aromatic N) is 2. The first-order valence-electron chi connectivity index (χ1n) is 19.3. The van der Waals surface area contributed by atoms with Crippen molar-refractivity contribution >= 4 is 35.4 Å². The van der Waals surface area contributed by atoms with Gasteiger partial charge in [-0.2, -0.15) is 0 Å². The topological polar surface area (TPSA) is 157 Å². The second kappa shape index (κ2) is 16.5. The molecule has 0 bridgehead atoms. The Balaban J connectivity index is 1.58. The monoisotopic (exact) mass is 712 g/mol. The van der Waals surface area contributed by atoms with Gasteiger partial charge in [0.15, 0.2) is 0 Å². The van der Waals surface area contributed by atoms with Crippen LogP contribution < -0.4 is 21.3 Å². The van der Waals surface area contributed by atoms with Gasteiger partial charge in [0.25, 0.3) is 5.91 Å².